The first-order valence-electron chi connectivity index (χ1n) is 9.73. The molecular formula is C25H26O4. The number of fused-ring (bicyclic) bond motifs is 1. The van der Waals surface area contributed by atoms with Crippen LogP contribution in [0, 0.1) is 0 Å². The minimum Gasteiger partial charge on any atom is -0.507 e. The van der Waals surface area contributed by atoms with Crippen LogP contribution in [0.2, 0.25) is 0 Å². The third-order valence-corrected chi connectivity index (χ3v) is 4.88. The molecule has 0 bridgehead atoms. The molecule has 0 radical (unpaired) electrons. The molecular weight excluding hydrogens is 364 g/mol. The molecule has 3 rings (SSSR count). The number of benzene rings is 2. The Balaban J connectivity index is 1.96. The Kier molecular flexibility index (Phi) is 6.23. The van der Waals surface area contributed by atoms with Gasteiger partial charge in [0.25, 0.3) is 0 Å². The van der Waals surface area contributed by atoms with E-state index >= 15 is 0 Å². The van der Waals surface area contributed by atoms with Gasteiger partial charge in [0, 0.05) is 23.3 Å². The van der Waals surface area contributed by atoms with Gasteiger partial charge in [-0.25, -0.2) is 0 Å². The maximum absolute atomic E-state index is 12.7. The quantitative estimate of drug-likeness (QED) is 0.498. The van der Waals surface area contributed by atoms with Crippen molar-refractivity contribution in [2.75, 3.05) is 0 Å². The Morgan fingerprint density at radius 2 is 1.76 bits per heavy atom. The van der Waals surface area contributed by atoms with Crippen LogP contribution < -0.4 is 5.43 Å². The van der Waals surface area contributed by atoms with Crippen LogP contribution in [0.4, 0.5) is 0 Å². The zero-order valence-corrected chi connectivity index (χ0v) is 17.0. The molecule has 4 heteroatoms. The molecule has 1 aromatic heterocycles. The number of phenols is 2. The van der Waals surface area contributed by atoms with E-state index in [9.17, 15) is 15.0 Å². The van der Waals surface area contributed by atoms with Crippen molar-refractivity contribution in [2.24, 2.45) is 0 Å². The Morgan fingerprint density at radius 1 is 1.03 bits per heavy atom. The van der Waals surface area contributed by atoms with Gasteiger partial charge in [-0.2, -0.15) is 0 Å². The van der Waals surface area contributed by atoms with Gasteiger partial charge < -0.3 is 14.6 Å². The number of phenolic OH excluding ortho intramolecular Hbond substituents is 2. The molecule has 2 N–H and O–H groups in total. The summed E-state index contributed by atoms with van der Waals surface area (Å²) in [6.07, 6.45) is 6.35. The molecule has 0 aliphatic carbocycles. The second kappa shape index (κ2) is 8.82. The van der Waals surface area contributed by atoms with Crippen molar-refractivity contribution in [3.05, 3.63) is 81.5 Å². The number of rotatable bonds is 6. The van der Waals surface area contributed by atoms with E-state index in [1.807, 2.05) is 43.3 Å². The lowest BCUT2D eigenvalue weighted by molar-refractivity contribution is 0.443. The van der Waals surface area contributed by atoms with Crippen LogP contribution in [0.15, 0.2) is 75.0 Å². The average molecular weight is 390 g/mol. The van der Waals surface area contributed by atoms with Crippen LogP contribution >= 0.6 is 0 Å². The van der Waals surface area contributed by atoms with E-state index in [1.165, 1.54) is 17.7 Å². The maximum Gasteiger partial charge on any atom is 0.197 e. The molecule has 4 nitrogen and oxygen atoms in total. The molecule has 0 unspecified atom stereocenters. The first-order valence-corrected chi connectivity index (χ1v) is 9.73. The summed E-state index contributed by atoms with van der Waals surface area (Å²) in [5.41, 5.74) is 3.35. The lowest BCUT2D eigenvalue weighted by Gasteiger charge is -2.10. The topological polar surface area (TPSA) is 70.7 Å². The van der Waals surface area contributed by atoms with Gasteiger partial charge in [0.05, 0.1) is 0 Å². The van der Waals surface area contributed by atoms with Crippen molar-refractivity contribution < 1.29 is 14.6 Å². The van der Waals surface area contributed by atoms with Crippen molar-refractivity contribution in [3.63, 3.8) is 0 Å². The van der Waals surface area contributed by atoms with E-state index in [2.05, 4.69) is 19.9 Å². The standard InChI is InChI=1S/C25H26O4/c1-16(2)8-7-9-17(3)12-13-19-20(26)14-23-24(25(19)28)21(27)15-22(29-23)18-10-5-4-6-11-18/h4-6,8,10-12,14-15,26,28H,7,9,13H2,1-3H3/b17-12-. The van der Waals surface area contributed by atoms with Gasteiger partial charge in [-0.3, -0.25) is 4.79 Å². The predicted molar refractivity (Wildman–Crippen MR) is 117 cm³/mol. The second-order valence-corrected chi connectivity index (χ2v) is 7.51. The number of hydrogen-bond donors (Lipinski definition) is 2. The highest BCUT2D eigenvalue weighted by atomic mass is 16.3. The molecule has 0 atom stereocenters. The number of hydrogen-bond acceptors (Lipinski definition) is 4. The maximum atomic E-state index is 12.7. The first-order chi connectivity index (χ1) is 13.9. The summed E-state index contributed by atoms with van der Waals surface area (Å²) < 4.78 is 5.80. The summed E-state index contributed by atoms with van der Waals surface area (Å²) in [5, 5.41) is 21.2. The molecule has 0 saturated heterocycles. The van der Waals surface area contributed by atoms with Gasteiger partial charge in [-0.1, -0.05) is 53.6 Å². The van der Waals surface area contributed by atoms with E-state index < -0.39 is 0 Å². The molecule has 0 amide bonds. The lowest BCUT2D eigenvalue weighted by atomic mass is 10.0. The van der Waals surface area contributed by atoms with Crippen LogP contribution in [0.3, 0.4) is 0 Å². The summed E-state index contributed by atoms with van der Waals surface area (Å²) in [7, 11) is 0. The third-order valence-electron chi connectivity index (χ3n) is 4.88. The predicted octanol–water partition coefficient (Wildman–Crippen LogP) is 6.11. The van der Waals surface area contributed by atoms with Crippen LogP contribution in [-0.2, 0) is 6.42 Å². The Morgan fingerprint density at radius 3 is 2.45 bits per heavy atom. The monoisotopic (exact) mass is 390 g/mol. The molecule has 150 valence electrons. The molecule has 0 fully saturated rings. The van der Waals surface area contributed by atoms with Crippen molar-refractivity contribution in [1.82, 2.24) is 0 Å². The van der Waals surface area contributed by atoms with E-state index in [1.54, 1.807) is 0 Å². The summed E-state index contributed by atoms with van der Waals surface area (Å²) in [6, 6.07) is 12.0. The fourth-order valence-electron chi connectivity index (χ4n) is 3.24. The smallest absolute Gasteiger partial charge is 0.197 e. The number of aromatic hydroxyl groups is 2. The number of allylic oxidation sites excluding steroid dienone is 4. The van der Waals surface area contributed by atoms with Crippen molar-refractivity contribution >= 4 is 11.0 Å². The summed E-state index contributed by atoms with van der Waals surface area (Å²) in [6.45, 7) is 6.16. The van der Waals surface area contributed by atoms with Gasteiger partial charge in [-0.15, -0.1) is 0 Å². The molecule has 3 aromatic rings. The Labute approximate surface area is 170 Å². The second-order valence-electron chi connectivity index (χ2n) is 7.51. The van der Waals surface area contributed by atoms with Gasteiger partial charge in [0.1, 0.15) is 28.2 Å². The van der Waals surface area contributed by atoms with Gasteiger partial charge in [0.2, 0.25) is 0 Å². The van der Waals surface area contributed by atoms with Gasteiger partial charge in [-0.05, 0) is 40.0 Å². The molecule has 0 spiro atoms. The highest BCUT2D eigenvalue weighted by Crippen LogP contribution is 2.36. The van der Waals surface area contributed by atoms with Crippen LogP contribution in [0.1, 0.15) is 39.2 Å². The van der Waals surface area contributed by atoms with E-state index in [0.29, 0.717) is 17.7 Å². The van der Waals surface area contributed by atoms with Crippen LogP contribution in [0.25, 0.3) is 22.3 Å². The largest absolute Gasteiger partial charge is 0.507 e. The molecule has 2 aromatic carbocycles. The summed E-state index contributed by atoms with van der Waals surface area (Å²) in [4.78, 5) is 12.7. The zero-order valence-electron chi connectivity index (χ0n) is 17.0. The Hall–Kier alpha value is -3.27. The van der Waals surface area contributed by atoms with E-state index in [-0.39, 0.29) is 27.9 Å². The fourth-order valence-corrected chi connectivity index (χ4v) is 3.24. The van der Waals surface area contributed by atoms with Crippen LogP contribution in [-0.4, -0.2) is 10.2 Å². The first kappa shape index (κ1) is 20.5. The molecule has 1 heterocycles. The van der Waals surface area contributed by atoms with Crippen molar-refractivity contribution in [1.29, 1.82) is 0 Å². The van der Waals surface area contributed by atoms with Crippen molar-refractivity contribution in [3.8, 4) is 22.8 Å². The van der Waals surface area contributed by atoms with Gasteiger partial charge >= 0.3 is 0 Å². The van der Waals surface area contributed by atoms with E-state index in [0.717, 1.165) is 24.0 Å². The zero-order chi connectivity index (χ0) is 21.0. The molecule has 0 saturated carbocycles. The average Bonchev–Trinajstić information content (AvgIpc) is 2.67. The fraction of sp³-hybridized carbons (Fsp3) is 0.240. The van der Waals surface area contributed by atoms with Crippen molar-refractivity contribution in [2.45, 2.75) is 40.0 Å². The molecule has 29 heavy (non-hydrogen) atoms. The highest BCUT2D eigenvalue weighted by Gasteiger charge is 2.17. The van der Waals surface area contributed by atoms with E-state index in [4.69, 9.17) is 4.42 Å². The molecule has 0 aliphatic heterocycles. The normalized spacial score (nSPS) is 11.6. The third kappa shape index (κ3) is 4.77. The Bertz CT molecular complexity index is 1130. The van der Waals surface area contributed by atoms with Crippen LogP contribution in [0.5, 0.6) is 11.5 Å². The van der Waals surface area contributed by atoms with Gasteiger partial charge in [0.15, 0.2) is 5.43 Å². The summed E-state index contributed by atoms with van der Waals surface area (Å²) in [5.74, 6) is 0.0862. The minimum absolute atomic E-state index is 0.0864. The minimum atomic E-state index is -0.340. The highest BCUT2D eigenvalue weighted by molar-refractivity contribution is 5.88. The summed E-state index contributed by atoms with van der Waals surface area (Å²) >= 11 is 0. The SMILES string of the molecule is CC(C)=CCC/C(C)=C\Cc1c(O)cc2oc(-c3ccccc3)cc(=O)c2c1O. The molecule has 0 aliphatic rings. The lowest BCUT2D eigenvalue weighted by Crippen LogP contribution is -2.02.